The molecule has 6 rings (SSSR count). The van der Waals surface area contributed by atoms with E-state index in [1.54, 1.807) is 0 Å². The second-order valence-electron chi connectivity index (χ2n) is 11.0. The molecule has 4 aromatic carbocycles. The topological polar surface area (TPSA) is 34.5 Å². The van der Waals surface area contributed by atoms with Gasteiger partial charge in [-0.15, -0.1) is 0 Å². The molecule has 1 aliphatic rings. The van der Waals surface area contributed by atoms with Gasteiger partial charge in [-0.3, -0.25) is 4.90 Å². The zero-order valence-corrected chi connectivity index (χ0v) is 23.8. The summed E-state index contributed by atoms with van der Waals surface area (Å²) in [5.41, 5.74) is 5.21. The van der Waals surface area contributed by atoms with Crippen LogP contribution in [0.5, 0.6) is 0 Å². The quantitative estimate of drug-likeness (QED) is 0.140. The van der Waals surface area contributed by atoms with Gasteiger partial charge in [0.05, 0.1) is 12.6 Å². The third-order valence-electron chi connectivity index (χ3n) is 8.76. The predicted molar refractivity (Wildman–Crippen MR) is 166 cm³/mol. The van der Waals surface area contributed by atoms with Gasteiger partial charge in [-0.25, -0.2) is 4.79 Å². The molecule has 1 unspecified atom stereocenters. The lowest BCUT2D eigenvalue weighted by atomic mass is 9.73. The number of aromatic nitrogens is 1. The van der Waals surface area contributed by atoms with Crippen molar-refractivity contribution >= 4 is 16.9 Å². The number of esters is 1. The van der Waals surface area contributed by atoms with Crippen LogP contribution in [-0.4, -0.2) is 35.1 Å². The number of carbonyl (C=O) groups excluding carboxylic acids is 1. The van der Waals surface area contributed by atoms with E-state index >= 15 is 0 Å². The fourth-order valence-corrected chi connectivity index (χ4v) is 6.99. The maximum absolute atomic E-state index is 12.7. The number of carbonyl (C=O) groups is 1. The van der Waals surface area contributed by atoms with Crippen molar-refractivity contribution in [2.75, 3.05) is 13.7 Å². The van der Waals surface area contributed by atoms with E-state index in [1.165, 1.54) is 36.6 Å². The molecule has 2 heterocycles. The molecular formula is C37H38N2O2. The molecule has 0 radical (unpaired) electrons. The monoisotopic (exact) mass is 542 g/mol. The van der Waals surface area contributed by atoms with Crippen molar-refractivity contribution < 1.29 is 9.53 Å². The second-order valence-corrected chi connectivity index (χ2v) is 11.0. The zero-order valence-electron chi connectivity index (χ0n) is 23.8. The lowest BCUT2D eigenvalue weighted by Crippen LogP contribution is -2.55. The van der Waals surface area contributed by atoms with E-state index in [9.17, 15) is 4.79 Å². The number of fused-ring (bicyclic) bond motifs is 1. The Kier molecular flexibility index (Phi) is 8.02. The Morgan fingerprint density at radius 1 is 0.780 bits per heavy atom. The summed E-state index contributed by atoms with van der Waals surface area (Å²) in [6, 6.07) is 43.7. The van der Waals surface area contributed by atoms with E-state index < -0.39 is 5.54 Å². The average molecular weight is 543 g/mol. The fraction of sp³-hybridized carbons (Fsp3) is 0.270. The summed E-state index contributed by atoms with van der Waals surface area (Å²) in [6.45, 7) is 1.81. The number of ether oxygens (including phenoxy) is 1. The van der Waals surface area contributed by atoms with Crippen molar-refractivity contribution in [3.8, 4) is 0 Å². The molecule has 1 aromatic heterocycles. The van der Waals surface area contributed by atoms with Gasteiger partial charge in [-0.2, -0.15) is 0 Å². The van der Waals surface area contributed by atoms with Gasteiger partial charge in [-0.05, 0) is 61.1 Å². The first-order chi connectivity index (χ1) is 20.2. The molecule has 4 heteroatoms. The molecule has 1 saturated heterocycles. The largest absolute Gasteiger partial charge is 0.464 e. The van der Waals surface area contributed by atoms with Crippen LogP contribution in [0.4, 0.5) is 0 Å². The van der Waals surface area contributed by atoms with E-state index in [-0.39, 0.29) is 5.97 Å². The minimum absolute atomic E-state index is 0.281. The highest BCUT2D eigenvalue weighted by Crippen LogP contribution is 2.46. The fourth-order valence-electron chi connectivity index (χ4n) is 6.99. The first-order valence-electron chi connectivity index (χ1n) is 14.8. The number of benzene rings is 4. The van der Waals surface area contributed by atoms with Gasteiger partial charge in [0, 0.05) is 23.5 Å². The smallest absolute Gasteiger partial charge is 0.354 e. The summed E-state index contributed by atoms with van der Waals surface area (Å²) in [5, 5.41) is 1.07. The lowest BCUT2D eigenvalue weighted by molar-refractivity contribution is 0.0568. The molecule has 0 aliphatic carbocycles. The summed E-state index contributed by atoms with van der Waals surface area (Å²) in [4.78, 5) is 15.5. The molecule has 5 aromatic rings. The number of hydrogen-bond donors (Lipinski definition) is 0. The molecule has 4 nitrogen and oxygen atoms in total. The van der Waals surface area contributed by atoms with Crippen LogP contribution in [0.2, 0.25) is 0 Å². The molecule has 1 fully saturated rings. The van der Waals surface area contributed by atoms with Crippen molar-refractivity contribution in [2.45, 2.75) is 50.2 Å². The normalized spacial score (nSPS) is 16.1. The highest BCUT2D eigenvalue weighted by molar-refractivity contribution is 5.95. The molecule has 0 bridgehead atoms. The molecule has 0 spiro atoms. The van der Waals surface area contributed by atoms with E-state index in [0.29, 0.717) is 11.7 Å². The van der Waals surface area contributed by atoms with E-state index in [1.807, 2.05) is 18.2 Å². The number of nitrogens with zero attached hydrogens (tertiary/aromatic N) is 2. The number of piperidine rings is 1. The van der Waals surface area contributed by atoms with E-state index in [0.717, 1.165) is 43.3 Å². The second kappa shape index (κ2) is 12.2. The number of hydrogen-bond acceptors (Lipinski definition) is 3. The molecule has 41 heavy (non-hydrogen) atoms. The predicted octanol–water partition coefficient (Wildman–Crippen LogP) is 8.05. The van der Waals surface area contributed by atoms with Crippen LogP contribution in [0.15, 0.2) is 121 Å². The van der Waals surface area contributed by atoms with Gasteiger partial charge in [-0.1, -0.05) is 116 Å². The Bertz CT molecular complexity index is 1480. The Labute approximate surface area is 243 Å². The Morgan fingerprint density at radius 3 is 1.93 bits per heavy atom. The van der Waals surface area contributed by atoms with Gasteiger partial charge in [0.25, 0.3) is 0 Å². The van der Waals surface area contributed by atoms with Gasteiger partial charge >= 0.3 is 5.97 Å². The van der Waals surface area contributed by atoms with Crippen molar-refractivity contribution in [3.05, 3.63) is 144 Å². The zero-order chi connectivity index (χ0) is 28.1. The van der Waals surface area contributed by atoms with Crippen molar-refractivity contribution in [1.82, 2.24) is 9.47 Å². The van der Waals surface area contributed by atoms with Crippen LogP contribution in [0.3, 0.4) is 0 Å². The molecule has 0 amide bonds. The molecule has 0 N–H and O–H groups in total. The number of likely N-dealkylation sites (tertiary alicyclic amines) is 1. The van der Waals surface area contributed by atoms with Crippen LogP contribution in [0, 0.1) is 0 Å². The van der Waals surface area contributed by atoms with Crippen molar-refractivity contribution in [1.29, 1.82) is 0 Å². The summed E-state index contributed by atoms with van der Waals surface area (Å²) < 4.78 is 7.29. The van der Waals surface area contributed by atoms with Crippen molar-refractivity contribution in [2.24, 2.45) is 0 Å². The summed E-state index contributed by atoms with van der Waals surface area (Å²) >= 11 is 0. The third kappa shape index (κ3) is 5.09. The molecule has 1 aliphatic heterocycles. The highest BCUT2D eigenvalue weighted by atomic mass is 16.5. The SMILES string of the molecule is COC(=O)c1cc2ccccc2n1CCCC1CCCCN1C(c1ccccc1)(c1ccccc1)c1ccccc1. The Morgan fingerprint density at radius 2 is 1.34 bits per heavy atom. The maximum atomic E-state index is 12.7. The first-order valence-corrected chi connectivity index (χ1v) is 14.8. The third-order valence-corrected chi connectivity index (χ3v) is 8.76. The molecular weight excluding hydrogens is 504 g/mol. The van der Waals surface area contributed by atoms with E-state index in [2.05, 4.69) is 113 Å². The van der Waals surface area contributed by atoms with Crippen molar-refractivity contribution in [3.63, 3.8) is 0 Å². The minimum Gasteiger partial charge on any atom is -0.464 e. The molecule has 0 saturated carbocycles. The Balaban J connectivity index is 1.38. The number of aryl methyl sites for hydroxylation is 1. The maximum Gasteiger partial charge on any atom is 0.354 e. The highest BCUT2D eigenvalue weighted by Gasteiger charge is 2.45. The van der Waals surface area contributed by atoms with Gasteiger partial charge in [0.1, 0.15) is 5.69 Å². The lowest BCUT2D eigenvalue weighted by Gasteiger charge is -2.51. The van der Waals surface area contributed by atoms with Crippen LogP contribution in [-0.2, 0) is 16.8 Å². The summed E-state index contributed by atoms with van der Waals surface area (Å²) in [6.07, 6.45) is 5.58. The van der Waals surface area contributed by atoms with Gasteiger partial charge in [0.2, 0.25) is 0 Å². The van der Waals surface area contributed by atoms with Crippen LogP contribution >= 0.6 is 0 Å². The standard InChI is InChI=1S/C37H38N2O2/c1-41-36(40)35-28-29-16-11-12-25-34(29)38(35)26-15-24-33-23-13-14-27-39(33)37(30-17-5-2-6-18-30,31-19-7-3-8-20-31)32-21-9-4-10-22-32/h2-12,16-22,25,28,33H,13-15,23-24,26-27H2,1H3. The first kappa shape index (κ1) is 27.0. The van der Waals surface area contributed by atoms with E-state index in [4.69, 9.17) is 4.74 Å². The number of methoxy groups -OCH3 is 1. The van der Waals surface area contributed by atoms with Gasteiger partial charge < -0.3 is 9.30 Å². The van der Waals surface area contributed by atoms with Crippen LogP contribution in [0.25, 0.3) is 10.9 Å². The summed E-state index contributed by atoms with van der Waals surface area (Å²) in [7, 11) is 1.46. The minimum atomic E-state index is -0.397. The number of rotatable bonds is 9. The number of para-hydroxylation sites is 1. The average Bonchev–Trinajstić information content (AvgIpc) is 3.42. The van der Waals surface area contributed by atoms with Crippen LogP contribution in [0.1, 0.15) is 59.3 Å². The molecule has 208 valence electrons. The van der Waals surface area contributed by atoms with Crippen LogP contribution < -0.4 is 0 Å². The van der Waals surface area contributed by atoms with Gasteiger partial charge in [0.15, 0.2) is 0 Å². The molecule has 1 atom stereocenters. The summed E-state index contributed by atoms with van der Waals surface area (Å²) in [5.74, 6) is -0.281. The Hall–Kier alpha value is -4.15.